The lowest BCUT2D eigenvalue weighted by Gasteiger charge is -2.42. The van der Waals surface area contributed by atoms with Gasteiger partial charge < -0.3 is 4.74 Å². The Morgan fingerprint density at radius 1 is 0.926 bits per heavy atom. The summed E-state index contributed by atoms with van der Waals surface area (Å²) in [6, 6.07) is 14.0. The standard InChI is InChI=1S/C23H30NO2S/c1-5-22(24(6-2,7-3)8-4)26-16-17-13-14-21-19(15-17)23(25)18-11-9-10-12-20(18)27-21/h9-15,22H,5-8,16H2,1-4H3/q+1. The summed E-state index contributed by atoms with van der Waals surface area (Å²) >= 11 is 1.67. The predicted octanol–water partition coefficient (Wildman–Crippen LogP) is 5.54. The van der Waals surface area contributed by atoms with Crippen LogP contribution < -0.4 is 5.43 Å². The SMILES string of the molecule is CCC(OCc1ccc2sc3ccccc3c(=O)c2c1)[N+](CC)(CC)CC. The highest BCUT2D eigenvalue weighted by Crippen LogP contribution is 2.26. The number of quaternary nitrogens is 1. The van der Waals surface area contributed by atoms with Gasteiger partial charge in [0.05, 0.1) is 26.2 Å². The average molecular weight is 385 g/mol. The topological polar surface area (TPSA) is 26.3 Å². The monoisotopic (exact) mass is 384 g/mol. The third kappa shape index (κ3) is 3.79. The van der Waals surface area contributed by atoms with E-state index in [1.807, 2.05) is 30.3 Å². The lowest BCUT2D eigenvalue weighted by atomic mass is 10.1. The molecule has 0 aliphatic rings. The van der Waals surface area contributed by atoms with Crippen molar-refractivity contribution in [3.8, 4) is 0 Å². The molecule has 0 saturated carbocycles. The van der Waals surface area contributed by atoms with Crippen LogP contribution in [0, 0.1) is 0 Å². The van der Waals surface area contributed by atoms with E-state index in [0.717, 1.165) is 56.3 Å². The minimum Gasteiger partial charge on any atom is -0.324 e. The molecule has 0 bridgehead atoms. The quantitative estimate of drug-likeness (QED) is 0.289. The van der Waals surface area contributed by atoms with Crippen LogP contribution in [0.15, 0.2) is 47.3 Å². The van der Waals surface area contributed by atoms with Gasteiger partial charge in [-0.3, -0.25) is 9.28 Å². The van der Waals surface area contributed by atoms with E-state index < -0.39 is 0 Å². The van der Waals surface area contributed by atoms with Crippen LogP contribution in [-0.2, 0) is 11.3 Å². The van der Waals surface area contributed by atoms with Gasteiger partial charge in [-0.15, -0.1) is 11.3 Å². The van der Waals surface area contributed by atoms with Crippen molar-refractivity contribution in [3.63, 3.8) is 0 Å². The van der Waals surface area contributed by atoms with Crippen molar-refractivity contribution in [3.05, 3.63) is 58.3 Å². The zero-order chi connectivity index (χ0) is 19.4. The molecule has 3 nitrogen and oxygen atoms in total. The van der Waals surface area contributed by atoms with Gasteiger partial charge in [0.2, 0.25) is 0 Å². The summed E-state index contributed by atoms with van der Waals surface area (Å²) in [6.45, 7) is 12.7. The minimum atomic E-state index is 0.119. The van der Waals surface area contributed by atoms with Crippen molar-refractivity contribution in [1.29, 1.82) is 0 Å². The van der Waals surface area contributed by atoms with E-state index in [9.17, 15) is 4.79 Å². The van der Waals surface area contributed by atoms with Gasteiger partial charge >= 0.3 is 0 Å². The summed E-state index contributed by atoms with van der Waals surface area (Å²) in [7, 11) is 0. The van der Waals surface area contributed by atoms with Crippen LogP contribution in [0.5, 0.6) is 0 Å². The maximum absolute atomic E-state index is 12.9. The van der Waals surface area contributed by atoms with Crippen LogP contribution in [0.3, 0.4) is 0 Å². The molecule has 0 fully saturated rings. The van der Waals surface area contributed by atoms with Crippen molar-refractivity contribution in [2.24, 2.45) is 0 Å². The second-order valence-corrected chi connectivity index (χ2v) is 8.18. The summed E-state index contributed by atoms with van der Waals surface area (Å²) in [5.74, 6) is 0. The van der Waals surface area contributed by atoms with E-state index in [1.165, 1.54) is 0 Å². The van der Waals surface area contributed by atoms with Gasteiger partial charge in [-0.2, -0.15) is 0 Å². The molecule has 0 aliphatic carbocycles. The van der Waals surface area contributed by atoms with Crippen molar-refractivity contribution in [2.75, 3.05) is 19.6 Å². The minimum absolute atomic E-state index is 0.119. The molecular formula is C23H30NO2S+. The highest BCUT2D eigenvalue weighted by molar-refractivity contribution is 7.24. The van der Waals surface area contributed by atoms with Crippen molar-refractivity contribution >= 4 is 31.5 Å². The maximum Gasteiger partial charge on any atom is 0.195 e. The third-order valence-corrected chi connectivity index (χ3v) is 7.08. The van der Waals surface area contributed by atoms with E-state index in [4.69, 9.17) is 4.74 Å². The van der Waals surface area contributed by atoms with E-state index in [-0.39, 0.29) is 11.7 Å². The number of hydrogen-bond acceptors (Lipinski definition) is 3. The Hall–Kier alpha value is -1.75. The second kappa shape index (κ2) is 8.51. The van der Waals surface area contributed by atoms with E-state index in [2.05, 4.69) is 39.8 Å². The molecule has 0 aliphatic heterocycles. The number of nitrogens with zero attached hydrogens (tertiary/aromatic N) is 1. The zero-order valence-corrected chi connectivity index (χ0v) is 17.6. The molecular weight excluding hydrogens is 354 g/mol. The normalized spacial score (nSPS) is 13.3. The largest absolute Gasteiger partial charge is 0.324 e. The Kier molecular flexibility index (Phi) is 6.30. The Labute approximate surface area is 165 Å². The summed E-state index contributed by atoms with van der Waals surface area (Å²) in [5, 5.41) is 1.60. The van der Waals surface area contributed by atoms with Crippen LogP contribution in [0.2, 0.25) is 0 Å². The Morgan fingerprint density at radius 3 is 2.26 bits per heavy atom. The molecule has 1 heterocycles. The average Bonchev–Trinajstić information content (AvgIpc) is 2.72. The first-order valence-electron chi connectivity index (χ1n) is 10.00. The van der Waals surface area contributed by atoms with Crippen molar-refractivity contribution < 1.29 is 9.22 Å². The Bertz CT molecular complexity index is 967. The molecule has 0 N–H and O–H groups in total. The van der Waals surface area contributed by atoms with Crippen molar-refractivity contribution in [1.82, 2.24) is 0 Å². The van der Waals surface area contributed by atoms with Gasteiger partial charge in [-0.05, 0) is 50.6 Å². The number of hydrogen-bond donors (Lipinski definition) is 0. The lowest BCUT2D eigenvalue weighted by molar-refractivity contribution is -0.968. The zero-order valence-electron chi connectivity index (χ0n) is 16.8. The first-order chi connectivity index (χ1) is 13.1. The van der Waals surface area contributed by atoms with Crippen LogP contribution in [0.1, 0.15) is 39.7 Å². The molecule has 3 aromatic rings. The van der Waals surface area contributed by atoms with Crippen LogP contribution in [-0.4, -0.2) is 30.3 Å². The first kappa shape index (κ1) is 20.0. The van der Waals surface area contributed by atoms with E-state index >= 15 is 0 Å². The maximum atomic E-state index is 12.9. The van der Waals surface area contributed by atoms with Crippen LogP contribution in [0.4, 0.5) is 0 Å². The van der Waals surface area contributed by atoms with Gasteiger partial charge in [0.15, 0.2) is 11.7 Å². The number of fused-ring (bicyclic) bond motifs is 2. The number of rotatable bonds is 8. The fraction of sp³-hybridized carbons (Fsp3) is 0.435. The molecule has 1 atom stereocenters. The molecule has 1 aromatic heterocycles. The number of ether oxygens (including phenoxy) is 1. The van der Waals surface area contributed by atoms with Gasteiger partial charge in [-0.25, -0.2) is 0 Å². The van der Waals surface area contributed by atoms with Crippen LogP contribution >= 0.6 is 11.3 Å². The Morgan fingerprint density at radius 2 is 1.59 bits per heavy atom. The van der Waals surface area contributed by atoms with E-state index in [0.29, 0.717) is 6.61 Å². The summed E-state index contributed by atoms with van der Waals surface area (Å²) in [5.41, 5.74) is 1.19. The molecule has 2 aromatic carbocycles. The fourth-order valence-corrected chi connectivity index (χ4v) is 5.13. The predicted molar refractivity (Wildman–Crippen MR) is 116 cm³/mol. The molecule has 4 heteroatoms. The smallest absolute Gasteiger partial charge is 0.195 e. The Balaban J connectivity index is 1.90. The van der Waals surface area contributed by atoms with Crippen LogP contribution in [0.25, 0.3) is 20.2 Å². The fourth-order valence-electron chi connectivity index (χ4n) is 4.08. The molecule has 27 heavy (non-hydrogen) atoms. The highest BCUT2D eigenvalue weighted by atomic mass is 32.1. The lowest BCUT2D eigenvalue weighted by Crippen LogP contribution is -2.56. The van der Waals surface area contributed by atoms with Gasteiger partial charge in [0, 0.05) is 26.6 Å². The highest BCUT2D eigenvalue weighted by Gasteiger charge is 2.31. The molecule has 0 radical (unpaired) electrons. The van der Waals surface area contributed by atoms with Crippen molar-refractivity contribution in [2.45, 2.75) is 47.0 Å². The second-order valence-electron chi connectivity index (χ2n) is 7.10. The molecule has 0 saturated heterocycles. The van der Waals surface area contributed by atoms with Gasteiger partial charge in [0.25, 0.3) is 0 Å². The molecule has 1 unspecified atom stereocenters. The molecule has 0 amide bonds. The number of benzene rings is 2. The molecule has 0 spiro atoms. The summed E-state index contributed by atoms with van der Waals surface area (Å²) in [4.78, 5) is 12.9. The van der Waals surface area contributed by atoms with Gasteiger partial charge in [-0.1, -0.05) is 25.1 Å². The van der Waals surface area contributed by atoms with Gasteiger partial charge in [0.1, 0.15) is 0 Å². The summed E-state index contributed by atoms with van der Waals surface area (Å²) in [6.07, 6.45) is 1.18. The third-order valence-electron chi connectivity index (χ3n) is 5.93. The molecule has 3 rings (SSSR count). The molecule has 144 valence electrons. The summed E-state index contributed by atoms with van der Waals surface area (Å²) < 4.78 is 9.42. The van der Waals surface area contributed by atoms with E-state index in [1.54, 1.807) is 11.3 Å². The first-order valence-corrected chi connectivity index (χ1v) is 10.8.